The number of hydrogen-bond acceptors (Lipinski definition) is 4. The minimum atomic E-state index is -0.772. The van der Waals surface area contributed by atoms with Crippen molar-refractivity contribution in [2.45, 2.75) is 65.9 Å². The monoisotopic (exact) mass is 426 g/mol. The Hall–Kier alpha value is -3.02. The first-order valence-electron chi connectivity index (χ1n) is 10.6. The zero-order valence-electron chi connectivity index (χ0n) is 19.5. The van der Waals surface area contributed by atoms with Gasteiger partial charge in [0, 0.05) is 0 Å². The number of hydrazine groups is 1. The molecule has 1 unspecified atom stereocenters. The lowest BCUT2D eigenvalue weighted by atomic mass is 9.87. The molecule has 0 radical (unpaired) electrons. The Labute approximate surface area is 185 Å². The topological polar surface area (TPSA) is 76.7 Å². The molecule has 0 spiro atoms. The summed E-state index contributed by atoms with van der Waals surface area (Å²) in [4.78, 5) is 24.4. The molecule has 0 aliphatic rings. The van der Waals surface area contributed by atoms with Gasteiger partial charge < -0.3 is 9.47 Å². The van der Waals surface area contributed by atoms with Crippen molar-refractivity contribution in [3.05, 3.63) is 59.2 Å². The third kappa shape index (κ3) is 7.31. The molecule has 0 heterocycles. The maximum atomic E-state index is 12.2. The van der Waals surface area contributed by atoms with Crippen molar-refractivity contribution in [2.24, 2.45) is 0 Å². The van der Waals surface area contributed by atoms with Crippen molar-refractivity contribution in [3.63, 3.8) is 0 Å². The van der Waals surface area contributed by atoms with Crippen LogP contribution >= 0.6 is 0 Å². The van der Waals surface area contributed by atoms with Crippen molar-refractivity contribution in [2.75, 3.05) is 6.61 Å². The molecule has 0 aliphatic carbocycles. The van der Waals surface area contributed by atoms with Gasteiger partial charge in [-0.05, 0) is 60.1 Å². The first-order valence-corrected chi connectivity index (χ1v) is 10.6. The SMILES string of the molecule is Cc1ccc(C(C)C)c(OCC(=O)NNC(=O)C(C)Oc2ccc(C(C)(C)C)cc2)c1. The van der Waals surface area contributed by atoms with E-state index in [1.165, 1.54) is 5.56 Å². The van der Waals surface area contributed by atoms with Crippen LogP contribution in [0.2, 0.25) is 0 Å². The van der Waals surface area contributed by atoms with Gasteiger partial charge in [-0.2, -0.15) is 0 Å². The molecule has 2 N–H and O–H groups in total. The Morgan fingerprint density at radius 3 is 2.19 bits per heavy atom. The van der Waals surface area contributed by atoms with Crippen molar-refractivity contribution in [1.29, 1.82) is 0 Å². The Morgan fingerprint density at radius 1 is 0.968 bits per heavy atom. The summed E-state index contributed by atoms with van der Waals surface area (Å²) in [6, 6.07) is 13.6. The van der Waals surface area contributed by atoms with E-state index in [0.29, 0.717) is 11.5 Å². The van der Waals surface area contributed by atoms with Crippen LogP contribution < -0.4 is 20.3 Å². The number of nitrogens with one attached hydrogen (secondary N) is 2. The van der Waals surface area contributed by atoms with E-state index in [1.54, 1.807) is 6.92 Å². The number of ether oxygens (including phenoxy) is 2. The van der Waals surface area contributed by atoms with Crippen molar-refractivity contribution in [1.82, 2.24) is 10.9 Å². The summed E-state index contributed by atoms with van der Waals surface area (Å²) in [5, 5.41) is 0. The normalized spacial score (nSPS) is 12.3. The molecule has 0 saturated carbocycles. The molecule has 0 saturated heterocycles. The van der Waals surface area contributed by atoms with Crippen LogP contribution in [-0.4, -0.2) is 24.5 Å². The molecular formula is C25H34N2O4. The van der Waals surface area contributed by atoms with Gasteiger partial charge in [0.2, 0.25) is 0 Å². The highest BCUT2D eigenvalue weighted by Gasteiger charge is 2.17. The zero-order chi connectivity index (χ0) is 23.2. The van der Waals surface area contributed by atoms with E-state index in [1.807, 2.05) is 49.4 Å². The van der Waals surface area contributed by atoms with Gasteiger partial charge in [-0.3, -0.25) is 20.4 Å². The van der Waals surface area contributed by atoms with Gasteiger partial charge in [-0.25, -0.2) is 0 Å². The molecule has 0 fully saturated rings. The van der Waals surface area contributed by atoms with Crippen molar-refractivity contribution >= 4 is 11.8 Å². The van der Waals surface area contributed by atoms with E-state index in [2.05, 4.69) is 45.5 Å². The van der Waals surface area contributed by atoms with Crippen LogP contribution in [0, 0.1) is 6.92 Å². The van der Waals surface area contributed by atoms with Gasteiger partial charge in [0.05, 0.1) is 0 Å². The summed E-state index contributed by atoms with van der Waals surface area (Å²) in [5.74, 6) is 0.629. The third-order valence-corrected chi connectivity index (χ3v) is 4.88. The summed E-state index contributed by atoms with van der Waals surface area (Å²) < 4.78 is 11.3. The van der Waals surface area contributed by atoms with E-state index in [9.17, 15) is 9.59 Å². The molecule has 31 heavy (non-hydrogen) atoms. The summed E-state index contributed by atoms with van der Waals surface area (Å²) >= 11 is 0. The molecule has 6 nitrogen and oxygen atoms in total. The first-order chi connectivity index (χ1) is 14.5. The van der Waals surface area contributed by atoms with E-state index in [4.69, 9.17) is 9.47 Å². The van der Waals surface area contributed by atoms with Gasteiger partial charge >= 0.3 is 0 Å². The van der Waals surface area contributed by atoms with E-state index in [0.717, 1.165) is 11.1 Å². The average molecular weight is 427 g/mol. The lowest BCUT2D eigenvalue weighted by Gasteiger charge is -2.20. The standard InChI is InChI=1S/C25H34N2O4/c1-16(2)21-13-8-17(3)14-22(21)30-15-23(28)26-27-24(29)18(4)31-20-11-9-19(10-12-20)25(5,6)7/h8-14,16,18H,15H2,1-7H3,(H,26,28)(H,27,29). The molecule has 168 valence electrons. The summed E-state index contributed by atoms with van der Waals surface area (Å²) in [5.41, 5.74) is 8.05. The lowest BCUT2D eigenvalue weighted by Crippen LogP contribution is -2.48. The zero-order valence-corrected chi connectivity index (χ0v) is 19.5. The molecule has 2 amide bonds. The second kappa shape index (κ2) is 10.3. The summed E-state index contributed by atoms with van der Waals surface area (Å²) in [6.45, 7) is 13.9. The van der Waals surface area contributed by atoms with Gasteiger partial charge in [-0.1, -0.05) is 58.9 Å². The average Bonchev–Trinajstić information content (AvgIpc) is 2.69. The predicted molar refractivity (Wildman–Crippen MR) is 122 cm³/mol. The molecule has 6 heteroatoms. The second-order valence-corrected chi connectivity index (χ2v) is 9.06. The smallest absolute Gasteiger partial charge is 0.279 e. The number of aryl methyl sites for hydroxylation is 1. The van der Waals surface area contributed by atoms with Crippen molar-refractivity contribution < 1.29 is 19.1 Å². The Balaban J connectivity index is 1.82. The highest BCUT2D eigenvalue weighted by atomic mass is 16.5. The predicted octanol–water partition coefficient (Wildman–Crippen LogP) is 4.41. The van der Waals surface area contributed by atoms with Crippen LogP contribution in [0.3, 0.4) is 0 Å². The molecule has 0 aromatic heterocycles. The lowest BCUT2D eigenvalue weighted by molar-refractivity contribution is -0.133. The maximum absolute atomic E-state index is 12.2. The third-order valence-electron chi connectivity index (χ3n) is 4.88. The van der Waals surface area contributed by atoms with Crippen LogP contribution in [0.1, 0.15) is 64.2 Å². The molecule has 2 aromatic rings. The van der Waals surface area contributed by atoms with Gasteiger partial charge in [0.25, 0.3) is 11.8 Å². The van der Waals surface area contributed by atoms with Crippen LogP contribution in [0.5, 0.6) is 11.5 Å². The number of benzene rings is 2. The van der Waals surface area contributed by atoms with Crippen LogP contribution in [0.25, 0.3) is 0 Å². The Kier molecular flexibility index (Phi) is 8.08. The van der Waals surface area contributed by atoms with Crippen LogP contribution in [0.4, 0.5) is 0 Å². The Bertz CT molecular complexity index is 899. The van der Waals surface area contributed by atoms with Crippen LogP contribution in [-0.2, 0) is 15.0 Å². The molecule has 2 aromatic carbocycles. The minimum Gasteiger partial charge on any atom is -0.483 e. The summed E-state index contributed by atoms with van der Waals surface area (Å²) in [7, 11) is 0. The molecule has 0 aliphatic heterocycles. The fraction of sp³-hybridized carbons (Fsp3) is 0.440. The molecule has 1 atom stereocenters. The van der Waals surface area contributed by atoms with Gasteiger partial charge in [0.15, 0.2) is 12.7 Å². The number of amides is 2. The largest absolute Gasteiger partial charge is 0.483 e. The number of rotatable bonds is 7. The quantitative estimate of drug-likeness (QED) is 0.643. The van der Waals surface area contributed by atoms with Crippen molar-refractivity contribution in [3.8, 4) is 11.5 Å². The van der Waals surface area contributed by atoms with E-state index in [-0.39, 0.29) is 17.9 Å². The Morgan fingerprint density at radius 2 is 1.61 bits per heavy atom. The maximum Gasteiger partial charge on any atom is 0.279 e. The molecule has 2 rings (SSSR count). The van der Waals surface area contributed by atoms with E-state index < -0.39 is 17.9 Å². The van der Waals surface area contributed by atoms with Gasteiger partial charge in [-0.15, -0.1) is 0 Å². The number of carbonyl (C=O) groups is 2. The summed E-state index contributed by atoms with van der Waals surface area (Å²) in [6.07, 6.45) is -0.772. The fourth-order valence-corrected chi connectivity index (χ4v) is 2.95. The molecular weight excluding hydrogens is 392 g/mol. The number of hydrogen-bond donors (Lipinski definition) is 2. The minimum absolute atomic E-state index is 0.0439. The van der Waals surface area contributed by atoms with Crippen LogP contribution in [0.15, 0.2) is 42.5 Å². The first kappa shape index (κ1) is 24.3. The van der Waals surface area contributed by atoms with E-state index >= 15 is 0 Å². The second-order valence-electron chi connectivity index (χ2n) is 9.06. The fourth-order valence-electron chi connectivity index (χ4n) is 2.95. The highest BCUT2D eigenvalue weighted by molar-refractivity contribution is 5.85. The molecule has 0 bridgehead atoms. The van der Waals surface area contributed by atoms with Gasteiger partial charge in [0.1, 0.15) is 11.5 Å². The number of carbonyl (C=O) groups excluding carboxylic acids is 2. The highest BCUT2D eigenvalue weighted by Crippen LogP contribution is 2.27.